The van der Waals surface area contributed by atoms with Crippen molar-refractivity contribution in [1.29, 1.82) is 0 Å². The second kappa shape index (κ2) is 7.28. The number of aryl methyl sites for hydroxylation is 2. The summed E-state index contributed by atoms with van der Waals surface area (Å²) in [4.78, 5) is 24.9. The molecule has 27 heavy (non-hydrogen) atoms. The summed E-state index contributed by atoms with van der Waals surface area (Å²) in [6.45, 7) is 0.934. The quantitative estimate of drug-likeness (QED) is 0.520. The minimum Gasteiger partial charge on any atom is -0.281 e. The first kappa shape index (κ1) is 16.8. The van der Waals surface area contributed by atoms with E-state index < -0.39 is 0 Å². The van der Waals surface area contributed by atoms with Crippen LogP contribution >= 0.6 is 0 Å². The van der Waals surface area contributed by atoms with E-state index in [0.29, 0.717) is 19.5 Å². The molecule has 0 fully saturated rings. The Morgan fingerprint density at radius 1 is 0.630 bits per heavy atom. The monoisotopic (exact) mass is 362 g/mol. The van der Waals surface area contributed by atoms with Gasteiger partial charge >= 0.3 is 11.4 Å². The lowest BCUT2D eigenvalue weighted by Gasteiger charge is -2.02. The standard InChI is InChI=1S/C19H18N6O2/c26-18-22(14-20-24(18)16-8-3-1-4-9-16)12-7-13-23-15-21-25(19(23)27)17-10-5-2-6-11-17/h1-6,8-11,14-15H,7,12-13H2. The maximum atomic E-state index is 12.4. The topological polar surface area (TPSA) is 79.6 Å². The van der Waals surface area contributed by atoms with Gasteiger partial charge in [0.25, 0.3) is 0 Å². The molecule has 8 nitrogen and oxygen atoms in total. The average molecular weight is 362 g/mol. The van der Waals surface area contributed by atoms with E-state index in [-0.39, 0.29) is 11.4 Å². The molecule has 0 bridgehead atoms. The highest BCUT2D eigenvalue weighted by atomic mass is 16.2. The summed E-state index contributed by atoms with van der Waals surface area (Å²) >= 11 is 0. The summed E-state index contributed by atoms with van der Waals surface area (Å²) < 4.78 is 5.80. The maximum Gasteiger partial charge on any atom is 0.350 e. The molecular formula is C19H18N6O2. The molecule has 0 saturated heterocycles. The Morgan fingerprint density at radius 3 is 1.44 bits per heavy atom. The van der Waals surface area contributed by atoms with Crippen LogP contribution in [0.5, 0.6) is 0 Å². The molecule has 2 aromatic carbocycles. The van der Waals surface area contributed by atoms with Crippen molar-refractivity contribution in [2.45, 2.75) is 19.5 Å². The summed E-state index contributed by atoms with van der Waals surface area (Å²) in [5.41, 5.74) is 1.05. The molecule has 0 saturated carbocycles. The smallest absolute Gasteiger partial charge is 0.281 e. The summed E-state index contributed by atoms with van der Waals surface area (Å²) in [5, 5.41) is 8.31. The molecule has 0 aliphatic carbocycles. The Balaban J connectivity index is 1.44. The zero-order valence-corrected chi connectivity index (χ0v) is 14.5. The van der Waals surface area contributed by atoms with Gasteiger partial charge in [-0.15, -0.1) is 0 Å². The maximum absolute atomic E-state index is 12.4. The molecule has 0 spiro atoms. The summed E-state index contributed by atoms with van der Waals surface area (Å²) in [6, 6.07) is 18.5. The van der Waals surface area contributed by atoms with Crippen LogP contribution in [0, 0.1) is 0 Å². The minimum atomic E-state index is -0.200. The molecule has 0 unspecified atom stereocenters. The van der Waals surface area contributed by atoms with Gasteiger partial charge in [0.2, 0.25) is 0 Å². The van der Waals surface area contributed by atoms with Gasteiger partial charge in [-0.1, -0.05) is 36.4 Å². The van der Waals surface area contributed by atoms with Crippen molar-refractivity contribution in [2.24, 2.45) is 0 Å². The molecular weight excluding hydrogens is 344 g/mol. The van der Waals surface area contributed by atoms with Gasteiger partial charge < -0.3 is 0 Å². The number of aromatic nitrogens is 6. The first-order chi connectivity index (χ1) is 13.2. The Hall–Kier alpha value is -3.68. The van der Waals surface area contributed by atoms with Crippen LogP contribution in [0.15, 0.2) is 82.9 Å². The Kier molecular flexibility index (Phi) is 4.52. The number of rotatable bonds is 6. The third kappa shape index (κ3) is 3.37. The minimum absolute atomic E-state index is 0.200. The van der Waals surface area contributed by atoms with Gasteiger partial charge in [-0.05, 0) is 30.7 Å². The Labute approximate surface area is 154 Å². The summed E-state index contributed by atoms with van der Waals surface area (Å²) in [7, 11) is 0. The number of nitrogens with zero attached hydrogens (tertiary/aromatic N) is 6. The molecule has 0 N–H and O–H groups in total. The van der Waals surface area contributed by atoms with Gasteiger partial charge in [0, 0.05) is 13.1 Å². The summed E-state index contributed by atoms with van der Waals surface area (Å²) in [6.07, 6.45) is 3.65. The fourth-order valence-corrected chi connectivity index (χ4v) is 2.88. The van der Waals surface area contributed by atoms with Gasteiger partial charge in [0.15, 0.2) is 0 Å². The second-order valence-electron chi connectivity index (χ2n) is 6.06. The van der Waals surface area contributed by atoms with Crippen molar-refractivity contribution in [3.8, 4) is 11.4 Å². The van der Waals surface area contributed by atoms with Gasteiger partial charge in [-0.25, -0.2) is 9.59 Å². The molecule has 136 valence electrons. The lowest BCUT2D eigenvalue weighted by molar-refractivity contribution is 0.540. The highest BCUT2D eigenvalue weighted by Gasteiger charge is 2.09. The van der Waals surface area contributed by atoms with E-state index in [4.69, 9.17) is 0 Å². The predicted octanol–water partition coefficient (Wildman–Crippen LogP) is 1.47. The molecule has 4 aromatic rings. The number of hydrogen-bond acceptors (Lipinski definition) is 4. The fraction of sp³-hybridized carbons (Fsp3) is 0.158. The van der Waals surface area contributed by atoms with Gasteiger partial charge in [0.05, 0.1) is 11.4 Å². The van der Waals surface area contributed by atoms with Gasteiger partial charge in [-0.3, -0.25) is 9.13 Å². The van der Waals surface area contributed by atoms with Crippen LogP contribution in [0.3, 0.4) is 0 Å². The average Bonchev–Trinajstić information content (AvgIpc) is 3.26. The van der Waals surface area contributed by atoms with E-state index in [1.165, 1.54) is 22.0 Å². The lowest BCUT2D eigenvalue weighted by Crippen LogP contribution is -2.26. The molecule has 0 atom stereocenters. The van der Waals surface area contributed by atoms with Crippen LogP contribution in [-0.2, 0) is 13.1 Å². The van der Waals surface area contributed by atoms with Crippen molar-refractivity contribution < 1.29 is 0 Å². The second-order valence-corrected chi connectivity index (χ2v) is 6.06. The van der Waals surface area contributed by atoms with Crippen molar-refractivity contribution in [1.82, 2.24) is 28.7 Å². The van der Waals surface area contributed by atoms with E-state index in [2.05, 4.69) is 10.2 Å². The van der Waals surface area contributed by atoms with Crippen LogP contribution in [-0.4, -0.2) is 28.7 Å². The SMILES string of the molecule is O=c1n(CCCn2cnn(-c3ccccc3)c2=O)cnn1-c1ccccc1. The molecule has 8 heteroatoms. The number of para-hydroxylation sites is 2. The van der Waals surface area contributed by atoms with Crippen LogP contribution in [0.4, 0.5) is 0 Å². The zero-order valence-electron chi connectivity index (χ0n) is 14.5. The zero-order chi connectivity index (χ0) is 18.6. The van der Waals surface area contributed by atoms with E-state index in [1.807, 2.05) is 60.7 Å². The van der Waals surface area contributed by atoms with Crippen molar-refractivity contribution >= 4 is 0 Å². The van der Waals surface area contributed by atoms with Crippen molar-refractivity contribution in [2.75, 3.05) is 0 Å². The normalized spacial score (nSPS) is 11.0. The number of hydrogen-bond donors (Lipinski definition) is 0. The highest BCUT2D eigenvalue weighted by molar-refractivity contribution is 5.29. The molecule has 0 radical (unpaired) electrons. The third-order valence-electron chi connectivity index (χ3n) is 4.27. The molecule has 0 amide bonds. The Morgan fingerprint density at radius 2 is 1.04 bits per heavy atom. The van der Waals surface area contributed by atoms with Crippen LogP contribution in [0.2, 0.25) is 0 Å². The van der Waals surface area contributed by atoms with E-state index in [0.717, 1.165) is 11.4 Å². The first-order valence-electron chi connectivity index (χ1n) is 8.64. The first-order valence-corrected chi connectivity index (χ1v) is 8.64. The summed E-state index contributed by atoms with van der Waals surface area (Å²) in [5.74, 6) is 0. The molecule has 2 heterocycles. The Bertz CT molecular complexity index is 1050. The van der Waals surface area contributed by atoms with Crippen LogP contribution in [0.1, 0.15) is 6.42 Å². The molecule has 0 aliphatic heterocycles. The molecule has 4 rings (SSSR count). The van der Waals surface area contributed by atoms with E-state index in [9.17, 15) is 9.59 Å². The van der Waals surface area contributed by atoms with E-state index in [1.54, 1.807) is 9.13 Å². The number of benzene rings is 2. The molecule has 0 aliphatic rings. The lowest BCUT2D eigenvalue weighted by atomic mass is 10.3. The van der Waals surface area contributed by atoms with Crippen molar-refractivity contribution in [3.05, 3.63) is 94.3 Å². The third-order valence-corrected chi connectivity index (χ3v) is 4.27. The van der Waals surface area contributed by atoms with Crippen molar-refractivity contribution in [3.63, 3.8) is 0 Å². The van der Waals surface area contributed by atoms with Gasteiger partial charge in [-0.2, -0.15) is 19.6 Å². The van der Waals surface area contributed by atoms with Crippen LogP contribution < -0.4 is 11.4 Å². The van der Waals surface area contributed by atoms with Gasteiger partial charge in [0.1, 0.15) is 12.7 Å². The van der Waals surface area contributed by atoms with E-state index >= 15 is 0 Å². The largest absolute Gasteiger partial charge is 0.350 e. The van der Waals surface area contributed by atoms with Crippen LogP contribution in [0.25, 0.3) is 11.4 Å². The highest BCUT2D eigenvalue weighted by Crippen LogP contribution is 2.03. The molecule has 2 aromatic heterocycles. The predicted molar refractivity (Wildman–Crippen MR) is 100 cm³/mol. The fourth-order valence-electron chi connectivity index (χ4n) is 2.88.